The molecule has 0 unspecified atom stereocenters. The van der Waals surface area contributed by atoms with Crippen LogP contribution in [0.15, 0.2) is 30.4 Å². The maximum atomic E-state index is 12.4. The molecular formula is C19H21N3O5. The fourth-order valence-electron chi connectivity index (χ4n) is 3.60. The molecule has 1 fully saturated rings. The van der Waals surface area contributed by atoms with Gasteiger partial charge < -0.3 is 5.32 Å². The number of carbonyl (C=O) groups is 3. The Morgan fingerprint density at radius 1 is 1.22 bits per heavy atom. The van der Waals surface area contributed by atoms with Crippen LogP contribution in [0.25, 0.3) is 0 Å². The van der Waals surface area contributed by atoms with Crippen LogP contribution in [0, 0.1) is 28.9 Å². The first-order valence-electron chi connectivity index (χ1n) is 8.93. The lowest BCUT2D eigenvalue weighted by Gasteiger charge is -2.14. The zero-order chi connectivity index (χ0) is 19.6. The molecule has 1 saturated heterocycles. The maximum absolute atomic E-state index is 12.4. The van der Waals surface area contributed by atoms with Gasteiger partial charge in [0.2, 0.25) is 17.7 Å². The van der Waals surface area contributed by atoms with Crippen LogP contribution in [0.2, 0.25) is 0 Å². The average molecular weight is 371 g/mol. The van der Waals surface area contributed by atoms with Crippen molar-refractivity contribution < 1.29 is 19.3 Å². The van der Waals surface area contributed by atoms with Crippen LogP contribution in [0.4, 0.5) is 11.4 Å². The minimum atomic E-state index is -0.542. The van der Waals surface area contributed by atoms with Gasteiger partial charge in [0.05, 0.1) is 16.8 Å². The number of anilines is 1. The van der Waals surface area contributed by atoms with Gasteiger partial charge in [0, 0.05) is 19.0 Å². The summed E-state index contributed by atoms with van der Waals surface area (Å²) >= 11 is 0. The number of benzene rings is 1. The van der Waals surface area contributed by atoms with Crippen molar-refractivity contribution in [2.24, 2.45) is 11.8 Å². The molecule has 8 nitrogen and oxygen atoms in total. The summed E-state index contributed by atoms with van der Waals surface area (Å²) in [6, 6.07) is 4.57. The number of nitro groups is 1. The number of hydrogen-bond acceptors (Lipinski definition) is 5. The van der Waals surface area contributed by atoms with Crippen molar-refractivity contribution >= 4 is 29.1 Å². The summed E-state index contributed by atoms with van der Waals surface area (Å²) in [6.45, 7) is 1.92. The van der Waals surface area contributed by atoms with Crippen LogP contribution in [0.3, 0.4) is 0 Å². The number of fused-ring (bicyclic) bond motifs is 1. The molecule has 0 saturated carbocycles. The molecule has 1 aromatic carbocycles. The van der Waals surface area contributed by atoms with E-state index in [1.165, 1.54) is 17.0 Å². The van der Waals surface area contributed by atoms with Crippen molar-refractivity contribution in [3.63, 3.8) is 0 Å². The minimum Gasteiger partial charge on any atom is -0.320 e. The second kappa shape index (κ2) is 7.69. The summed E-state index contributed by atoms with van der Waals surface area (Å²) in [6.07, 6.45) is 5.41. The molecular weight excluding hydrogens is 350 g/mol. The first-order valence-corrected chi connectivity index (χ1v) is 8.93. The summed E-state index contributed by atoms with van der Waals surface area (Å²) in [5.74, 6) is -1.26. The molecule has 2 aliphatic rings. The molecule has 27 heavy (non-hydrogen) atoms. The lowest BCUT2D eigenvalue weighted by molar-refractivity contribution is -0.384. The predicted octanol–water partition coefficient (Wildman–Crippen LogP) is 2.57. The highest BCUT2D eigenvalue weighted by molar-refractivity contribution is 6.05. The topological polar surface area (TPSA) is 110 Å². The Labute approximate surface area is 156 Å². The smallest absolute Gasteiger partial charge is 0.293 e. The summed E-state index contributed by atoms with van der Waals surface area (Å²) in [5.41, 5.74) is 0.701. The van der Waals surface area contributed by atoms with Gasteiger partial charge in [-0.1, -0.05) is 18.2 Å². The van der Waals surface area contributed by atoms with E-state index in [1.807, 2.05) is 12.2 Å². The number of imide groups is 1. The number of hydrogen-bond donors (Lipinski definition) is 1. The Kier molecular flexibility index (Phi) is 5.34. The van der Waals surface area contributed by atoms with Crippen molar-refractivity contribution in [3.8, 4) is 0 Å². The fourth-order valence-corrected chi connectivity index (χ4v) is 3.60. The van der Waals surface area contributed by atoms with E-state index in [4.69, 9.17) is 0 Å². The van der Waals surface area contributed by atoms with Crippen LogP contribution >= 0.6 is 0 Å². The maximum Gasteiger partial charge on any atom is 0.293 e. The molecule has 142 valence electrons. The first-order chi connectivity index (χ1) is 12.9. The van der Waals surface area contributed by atoms with Gasteiger partial charge in [-0.2, -0.15) is 0 Å². The molecule has 8 heteroatoms. The molecule has 0 bridgehead atoms. The highest BCUT2D eigenvalue weighted by Crippen LogP contribution is 2.35. The van der Waals surface area contributed by atoms with E-state index in [1.54, 1.807) is 13.0 Å². The molecule has 1 aliphatic heterocycles. The fraction of sp³-hybridized carbons (Fsp3) is 0.421. The second-order valence-electron chi connectivity index (χ2n) is 6.91. The number of nitro benzene ring substituents is 1. The molecule has 0 radical (unpaired) electrons. The standard InChI is InChI=1S/C19H21N3O5/c1-12-8-9-15(16(11-12)22(26)27)20-17(23)7-4-10-21-18(24)13-5-2-3-6-14(13)19(21)25/h2-3,8-9,11,13-14H,4-7,10H2,1H3,(H,20,23)/t13-,14-/m0/s1. The van der Waals surface area contributed by atoms with Gasteiger partial charge in [-0.15, -0.1) is 0 Å². The Morgan fingerprint density at radius 2 is 1.85 bits per heavy atom. The van der Waals surface area contributed by atoms with Gasteiger partial charge in [0.15, 0.2) is 0 Å². The van der Waals surface area contributed by atoms with Crippen molar-refractivity contribution in [2.75, 3.05) is 11.9 Å². The van der Waals surface area contributed by atoms with Gasteiger partial charge in [0.1, 0.15) is 5.69 Å². The van der Waals surface area contributed by atoms with Crippen LogP contribution < -0.4 is 5.32 Å². The number of likely N-dealkylation sites (tertiary alicyclic amines) is 1. The van der Waals surface area contributed by atoms with Crippen molar-refractivity contribution in [1.29, 1.82) is 0 Å². The predicted molar refractivity (Wildman–Crippen MR) is 97.8 cm³/mol. The van der Waals surface area contributed by atoms with E-state index in [-0.39, 0.29) is 53.9 Å². The average Bonchev–Trinajstić information content (AvgIpc) is 2.88. The Balaban J connectivity index is 1.54. The quantitative estimate of drug-likeness (QED) is 0.358. The zero-order valence-corrected chi connectivity index (χ0v) is 15.0. The lowest BCUT2D eigenvalue weighted by Crippen LogP contribution is -2.32. The molecule has 3 rings (SSSR count). The van der Waals surface area contributed by atoms with Gasteiger partial charge in [-0.05, 0) is 37.8 Å². The van der Waals surface area contributed by atoms with Crippen LogP contribution in [0.5, 0.6) is 0 Å². The Hall–Kier alpha value is -3.03. The van der Waals surface area contributed by atoms with E-state index in [0.29, 0.717) is 19.3 Å². The van der Waals surface area contributed by atoms with E-state index in [0.717, 1.165) is 5.56 Å². The van der Waals surface area contributed by atoms with Gasteiger partial charge >= 0.3 is 0 Å². The van der Waals surface area contributed by atoms with Crippen molar-refractivity contribution in [3.05, 3.63) is 46.0 Å². The summed E-state index contributed by atoms with van der Waals surface area (Å²) in [7, 11) is 0. The molecule has 1 N–H and O–H groups in total. The van der Waals surface area contributed by atoms with Crippen LogP contribution in [-0.2, 0) is 14.4 Å². The van der Waals surface area contributed by atoms with Crippen LogP contribution in [0.1, 0.15) is 31.2 Å². The third-order valence-electron chi connectivity index (χ3n) is 5.01. The lowest BCUT2D eigenvalue weighted by atomic mass is 9.85. The molecule has 2 atom stereocenters. The largest absolute Gasteiger partial charge is 0.320 e. The summed E-state index contributed by atoms with van der Waals surface area (Å²) in [4.78, 5) is 48.7. The second-order valence-corrected chi connectivity index (χ2v) is 6.91. The van der Waals surface area contributed by atoms with Gasteiger partial charge in [0.25, 0.3) is 5.69 Å². The van der Waals surface area contributed by atoms with Crippen molar-refractivity contribution in [1.82, 2.24) is 4.90 Å². The van der Waals surface area contributed by atoms with Crippen molar-refractivity contribution in [2.45, 2.75) is 32.6 Å². The number of nitrogens with one attached hydrogen (secondary N) is 1. The molecule has 1 heterocycles. The number of carbonyl (C=O) groups excluding carboxylic acids is 3. The number of amides is 3. The molecule has 1 aromatic rings. The molecule has 3 amide bonds. The third kappa shape index (κ3) is 3.89. The van der Waals surface area contributed by atoms with Crippen LogP contribution in [-0.4, -0.2) is 34.1 Å². The van der Waals surface area contributed by atoms with Gasteiger partial charge in [-0.25, -0.2) is 0 Å². The minimum absolute atomic E-state index is 0.0652. The zero-order valence-electron chi connectivity index (χ0n) is 15.0. The monoisotopic (exact) mass is 371 g/mol. The first kappa shape index (κ1) is 18.8. The van der Waals surface area contributed by atoms with E-state index in [9.17, 15) is 24.5 Å². The molecule has 1 aliphatic carbocycles. The third-order valence-corrected chi connectivity index (χ3v) is 5.01. The molecule has 0 spiro atoms. The Bertz CT molecular complexity index is 807. The summed E-state index contributed by atoms with van der Waals surface area (Å²) in [5, 5.41) is 13.6. The Morgan fingerprint density at radius 3 is 2.44 bits per heavy atom. The normalized spacial score (nSPS) is 21.3. The number of allylic oxidation sites excluding steroid dienone is 2. The molecule has 0 aromatic heterocycles. The highest BCUT2D eigenvalue weighted by atomic mass is 16.6. The number of nitrogens with zero attached hydrogens (tertiary/aromatic N) is 2. The SMILES string of the molecule is Cc1ccc(NC(=O)CCCN2C(=O)[C@H]3CC=CC[C@@H]3C2=O)c([N+](=O)[O-])c1. The summed E-state index contributed by atoms with van der Waals surface area (Å²) < 4.78 is 0. The number of aryl methyl sites for hydroxylation is 1. The highest BCUT2D eigenvalue weighted by Gasteiger charge is 2.46. The van der Waals surface area contributed by atoms with E-state index >= 15 is 0 Å². The van der Waals surface area contributed by atoms with E-state index < -0.39 is 4.92 Å². The van der Waals surface area contributed by atoms with Gasteiger partial charge in [-0.3, -0.25) is 29.4 Å². The number of rotatable bonds is 6. The van der Waals surface area contributed by atoms with E-state index in [2.05, 4.69) is 5.32 Å².